The predicted octanol–water partition coefficient (Wildman–Crippen LogP) is -1.04. The van der Waals surface area contributed by atoms with E-state index in [0.29, 0.717) is 6.42 Å². The molecular formula is C7H17NaO3S. The minimum absolute atomic E-state index is 0. The van der Waals surface area contributed by atoms with Crippen molar-refractivity contribution in [2.24, 2.45) is 0 Å². The molecule has 0 heterocycles. The summed E-state index contributed by atoms with van der Waals surface area (Å²) in [5.74, 6) is 0. The van der Waals surface area contributed by atoms with Crippen molar-refractivity contribution < 1.29 is 44.0 Å². The van der Waals surface area contributed by atoms with Crippen LogP contribution in [-0.4, -0.2) is 18.2 Å². The molecule has 70 valence electrons. The molecule has 1 atom stereocenters. The van der Waals surface area contributed by atoms with Crippen LogP contribution in [0.4, 0.5) is 0 Å². The molecule has 0 fully saturated rings. The first kappa shape index (κ1) is 15.4. The molecule has 0 radical (unpaired) electrons. The van der Waals surface area contributed by atoms with Gasteiger partial charge in [0, 0.05) is 0 Å². The van der Waals surface area contributed by atoms with Gasteiger partial charge < -0.3 is 1.43 Å². The summed E-state index contributed by atoms with van der Waals surface area (Å²) in [5.41, 5.74) is 0. The molecular weight excluding hydrogens is 187 g/mol. The van der Waals surface area contributed by atoms with Crippen molar-refractivity contribution in [3.05, 3.63) is 0 Å². The average Bonchev–Trinajstić information content (AvgIpc) is 1.86. The Hall–Kier alpha value is 0.910. The maximum atomic E-state index is 10.5. The molecule has 1 unspecified atom stereocenters. The van der Waals surface area contributed by atoms with E-state index >= 15 is 0 Å². The average molecular weight is 204 g/mol. The van der Waals surface area contributed by atoms with Crippen molar-refractivity contribution in [1.29, 1.82) is 0 Å². The SMILES string of the molecule is CCCCCC(C)S(=O)(=O)O.[H-].[Na+]. The zero-order valence-corrected chi connectivity index (χ0v) is 10.9. The third kappa shape index (κ3) is 7.55. The first-order chi connectivity index (χ1) is 4.98. The van der Waals surface area contributed by atoms with Crippen molar-refractivity contribution in [1.82, 2.24) is 0 Å². The Morgan fingerprint density at radius 1 is 1.42 bits per heavy atom. The van der Waals surface area contributed by atoms with Gasteiger partial charge in [-0.1, -0.05) is 26.2 Å². The van der Waals surface area contributed by atoms with Crippen LogP contribution in [0.3, 0.4) is 0 Å². The Bertz CT molecular complexity index is 194. The number of unbranched alkanes of at least 4 members (excludes halogenated alkanes) is 2. The number of rotatable bonds is 5. The Balaban J connectivity index is -0.000000500. The van der Waals surface area contributed by atoms with Gasteiger partial charge in [-0.05, 0) is 13.3 Å². The topological polar surface area (TPSA) is 54.4 Å². The maximum Gasteiger partial charge on any atom is 1.00 e. The molecule has 0 saturated carbocycles. The summed E-state index contributed by atoms with van der Waals surface area (Å²) in [4.78, 5) is 0. The standard InChI is InChI=1S/C7H16O3S.Na.H/c1-3-4-5-6-7(2)11(8,9)10;;/h7H,3-6H2,1-2H3,(H,8,9,10);;/q;+1;-1. The fraction of sp³-hybridized carbons (Fsp3) is 1.00. The molecule has 0 aromatic rings. The zero-order chi connectivity index (χ0) is 8.91. The second-order valence-corrected chi connectivity index (χ2v) is 4.66. The Morgan fingerprint density at radius 2 is 1.92 bits per heavy atom. The van der Waals surface area contributed by atoms with Crippen molar-refractivity contribution in [2.75, 3.05) is 0 Å². The summed E-state index contributed by atoms with van der Waals surface area (Å²) >= 11 is 0. The molecule has 0 amide bonds. The van der Waals surface area contributed by atoms with Gasteiger partial charge in [0.05, 0.1) is 5.25 Å². The van der Waals surface area contributed by atoms with Crippen LogP contribution in [0.2, 0.25) is 0 Å². The summed E-state index contributed by atoms with van der Waals surface area (Å²) in [6.45, 7) is 3.59. The monoisotopic (exact) mass is 204 g/mol. The third-order valence-electron chi connectivity index (χ3n) is 1.72. The van der Waals surface area contributed by atoms with Gasteiger partial charge in [0.25, 0.3) is 10.1 Å². The van der Waals surface area contributed by atoms with E-state index in [1.54, 1.807) is 0 Å². The van der Waals surface area contributed by atoms with Crippen molar-refractivity contribution in [2.45, 2.75) is 44.8 Å². The van der Waals surface area contributed by atoms with E-state index in [2.05, 4.69) is 6.92 Å². The van der Waals surface area contributed by atoms with Crippen molar-refractivity contribution >= 4 is 10.1 Å². The van der Waals surface area contributed by atoms with E-state index in [1.165, 1.54) is 6.92 Å². The molecule has 5 heteroatoms. The molecule has 0 aromatic carbocycles. The Labute approximate surface area is 98.5 Å². The van der Waals surface area contributed by atoms with Crippen LogP contribution < -0.4 is 29.6 Å². The van der Waals surface area contributed by atoms with Gasteiger partial charge in [-0.15, -0.1) is 0 Å². The fourth-order valence-electron chi connectivity index (χ4n) is 0.831. The van der Waals surface area contributed by atoms with Crippen LogP contribution in [0.5, 0.6) is 0 Å². The van der Waals surface area contributed by atoms with Gasteiger partial charge in [-0.2, -0.15) is 8.42 Å². The quantitative estimate of drug-likeness (QED) is 0.353. The summed E-state index contributed by atoms with van der Waals surface area (Å²) in [6, 6.07) is 0. The van der Waals surface area contributed by atoms with E-state index in [9.17, 15) is 8.42 Å². The molecule has 0 aliphatic heterocycles. The second-order valence-electron chi connectivity index (χ2n) is 2.82. The van der Waals surface area contributed by atoms with E-state index in [4.69, 9.17) is 4.55 Å². The third-order valence-corrected chi connectivity index (χ3v) is 2.98. The molecule has 0 rings (SSSR count). The molecule has 3 nitrogen and oxygen atoms in total. The first-order valence-corrected chi connectivity index (χ1v) is 5.45. The summed E-state index contributed by atoms with van der Waals surface area (Å²) in [5, 5.41) is -0.603. The van der Waals surface area contributed by atoms with Crippen LogP contribution in [-0.2, 0) is 10.1 Å². The van der Waals surface area contributed by atoms with E-state index < -0.39 is 15.4 Å². The zero-order valence-electron chi connectivity index (χ0n) is 9.08. The first-order valence-electron chi connectivity index (χ1n) is 3.94. The molecule has 12 heavy (non-hydrogen) atoms. The maximum absolute atomic E-state index is 10.5. The van der Waals surface area contributed by atoms with Gasteiger partial charge in [0.15, 0.2) is 0 Å². The minimum atomic E-state index is -3.78. The Morgan fingerprint density at radius 3 is 2.25 bits per heavy atom. The largest absolute Gasteiger partial charge is 1.00 e. The fourth-order valence-corrected chi connectivity index (χ4v) is 1.30. The van der Waals surface area contributed by atoms with Crippen LogP contribution in [0.1, 0.15) is 41.0 Å². The summed E-state index contributed by atoms with van der Waals surface area (Å²) in [7, 11) is -3.78. The number of hydrogen-bond acceptors (Lipinski definition) is 2. The number of hydrogen-bond donors (Lipinski definition) is 1. The Kier molecular flexibility index (Phi) is 9.39. The van der Waals surface area contributed by atoms with Crippen molar-refractivity contribution in [3.63, 3.8) is 0 Å². The van der Waals surface area contributed by atoms with Gasteiger partial charge in [0.2, 0.25) is 0 Å². The summed E-state index contributed by atoms with van der Waals surface area (Å²) < 4.78 is 29.5. The smallest absolute Gasteiger partial charge is 1.00 e. The van der Waals surface area contributed by atoms with Gasteiger partial charge in [-0.25, -0.2) is 0 Å². The van der Waals surface area contributed by atoms with E-state index in [0.717, 1.165) is 19.3 Å². The van der Waals surface area contributed by atoms with Crippen LogP contribution in [0, 0.1) is 0 Å². The minimum Gasteiger partial charge on any atom is -1.00 e. The normalized spacial score (nSPS) is 13.6. The molecule has 1 N–H and O–H groups in total. The molecule has 0 aliphatic rings. The summed E-state index contributed by atoms with van der Waals surface area (Å²) in [6.07, 6.45) is 3.53. The second kappa shape index (κ2) is 7.33. The molecule has 0 aromatic heterocycles. The van der Waals surface area contributed by atoms with Gasteiger partial charge in [-0.3, -0.25) is 4.55 Å². The molecule has 0 saturated heterocycles. The van der Waals surface area contributed by atoms with E-state index in [-0.39, 0.29) is 31.0 Å². The van der Waals surface area contributed by atoms with E-state index in [1.807, 2.05) is 0 Å². The van der Waals surface area contributed by atoms with Crippen LogP contribution in [0.25, 0.3) is 0 Å². The predicted molar refractivity (Wildman–Crippen MR) is 46.3 cm³/mol. The van der Waals surface area contributed by atoms with Crippen LogP contribution >= 0.6 is 0 Å². The van der Waals surface area contributed by atoms with Gasteiger partial charge >= 0.3 is 29.6 Å². The van der Waals surface area contributed by atoms with Crippen molar-refractivity contribution in [3.8, 4) is 0 Å². The molecule has 0 bridgehead atoms. The van der Waals surface area contributed by atoms with Gasteiger partial charge in [0.1, 0.15) is 0 Å². The molecule has 0 spiro atoms. The van der Waals surface area contributed by atoms with Crippen LogP contribution in [0.15, 0.2) is 0 Å². The molecule has 0 aliphatic carbocycles.